The fourth-order valence-corrected chi connectivity index (χ4v) is 5.15. The van der Waals surface area contributed by atoms with E-state index < -0.39 is 11.9 Å². The number of carboxylic acid groups (broad SMARTS) is 1. The standard InChI is InChI=1S/C24H25Cl2NO3.CH3NO/c1-14(2)21(23(28)29)15-4-6-16(7-5-15)24(10-11-30-13-24)20-12-17-19(27(20)3)9-8-18(25)22(17)26;2-1-3/h4-9,12,14,21H,10-11,13H2,1-3H3,(H,28,29);1H,(H2,2,3). The fraction of sp³-hybridized carbons (Fsp3) is 0.360. The van der Waals surface area contributed by atoms with Crippen LogP contribution in [-0.4, -0.2) is 35.3 Å². The molecule has 4 rings (SSSR count). The van der Waals surface area contributed by atoms with Gasteiger partial charge in [-0.25, -0.2) is 0 Å². The van der Waals surface area contributed by atoms with Crippen LogP contribution in [0.4, 0.5) is 0 Å². The van der Waals surface area contributed by atoms with Crippen LogP contribution in [0.5, 0.6) is 0 Å². The minimum atomic E-state index is -0.795. The lowest BCUT2D eigenvalue weighted by Gasteiger charge is -2.30. The normalized spacial score (nSPS) is 18.7. The molecule has 176 valence electrons. The van der Waals surface area contributed by atoms with Gasteiger partial charge >= 0.3 is 5.97 Å². The van der Waals surface area contributed by atoms with E-state index in [4.69, 9.17) is 32.7 Å². The van der Waals surface area contributed by atoms with E-state index in [0.717, 1.165) is 34.1 Å². The first-order chi connectivity index (χ1) is 15.7. The third-order valence-electron chi connectivity index (χ3n) is 6.38. The molecule has 2 unspecified atom stereocenters. The van der Waals surface area contributed by atoms with Gasteiger partial charge in [0, 0.05) is 30.3 Å². The van der Waals surface area contributed by atoms with Crippen molar-refractivity contribution >= 4 is 46.5 Å². The molecule has 1 aromatic heterocycles. The number of hydrogen-bond donors (Lipinski definition) is 2. The smallest absolute Gasteiger partial charge is 0.311 e. The largest absolute Gasteiger partial charge is 0.481 e. The maximum absolute atomic E-state index is 11.7. The van der Waals surface area contributed by atoms with E-state index in [1.807, 2.05) is 45.2 Å². The number of carbonyl (C=O) groups is 2. The second-order valence-electron chi connectivity index (χ2n) is 8.59. The molecule has 2 aromatic carbocycles. The number of benzene rings is 2. The molecule has 1 saturated heterocycles. The van der Waals surface area contributed by atoms with Gasteiger partial charge in [-0.05, 0) is 41.7 Å². The molecule has 3 N–H and O–H groups in total. The molecular weight excluding hydrogens is 463 g/mol. The Bertz CT molecular complexity index is 1150. The zero-order valence-electron chi connectivity index (χ0n) is 18.8. The molecule has 3 aromatic rings. The number of rotatable bonds is 5. The van der Waals surface area contributed by atoms with Crippen LogP contribution in [-0.2, 0) is 26.8 Å². The zero-order chi connectivity index (χ0) is 24.3. The Morgan fingerprint density at radius 2 is 1.85 bits per heavy atom. The number of nitrogens with zero attached hydrogens (tertiary/aromatic N) is 1. The molecule has 1 aliphatic rings. The lowest BCUT2D eigenvalue weighted by Crippen LogP contribution is -2.30. The molecule has 1 aliphatic heterocycles. The summed E-state index contributed by atoms with van der Waals surface area (Å²) in [6.07, 6.45) is 1.09. The second-order valence-corrected chi connectivity index (χ2v) is 9.37. The van der Waals surface area contributed by atoms with E-state index in [1.54, 1.807) is 0 Å². The molecule has 0 saturated carbocycles. The van der Waals surface area contributed by atoms with Crippen LogP contribution in [0.2, 0.25) is 10.0 Å². The number of primary amides is 1. The van der Waals surface area contributed by atoms with Gasteiger partial charge in [-0.3, -0.25) is 9.59 Å². The van der Waals surface area contributed by atoms with Gasteiger partial charge in [-0.1, -0.05) is 61.3 Å². The predicted octanol–water partition coefficient (Wildman–Crippen LogP) is 5.12. The molecule has 0 radical (unpaired) electrons. The van der Waals surface area contributed by atoms with E-state index in [0.29, 0.717) is 23.3 Å². The Balaban J connectivity index is 0.000000968. The summed E-state index contributed by atoms with van der Waals surface area (Å²) in [5.41, 5.74) is 7.92. The predicted molar refractivity (Wildman–Crippen MR) is 131 cm³/mol. The molecule has 8 heteroatoms. The highest BCUT2D eigenvalue weighted by atomic mass is 35.5. The molecule has 0 spiro atoms. The summed E-state index contributed by atoms with van der Waals surface area (Å²) < 4.78 is 8.02. The summed E-state index contributed by atoms with van der Waals surface area (Å²) in [6.45, 7) is 5.10. The number of aryl methyl sites for hydroxylation is 1. The van der Waals surface area contributed by atoms with Gasteiger partial charge in [-0.2, -0.15) is 0 Å². The lowest BCUT2D eigenvalue weighted by molar-refractivity contribution is -0.139. The molecule has 0 bridgehead atoms. The van der Waals surface area contributed by atoms with Gasteiger partial charge in [0.05, 0.1) is 28.0 Å². The van der Waals surface area contributed by atoms with Crippen molar-refractivity contribution in [3.63, 3.8) is 0 Å². The quantitative estimate of drug-likeness (QED) is 0.485. The number of hydrogen-bond acceptors (Lipinski definition) is 3. The highest BCUT2D eigenvalue weighted by molar-refractivity contribution is 6.45. The number of fused-ring (bicyclic) bond motifs is 1. The van der Waals surface area contributed by atoms with Gasteiger partial charge in [0.25, 0.3) is 0 Å². The minimum absolute atomic E-state index is 0.0159. The highest BCUT2D eigenvalue weighted by Gasteiger charge is 2.41. The van der Waals surface area contributed by atoms with Crippen molar-refractivity contribution in [2.45, 2.75) is 31.6 Å². The van der Waals surface area contributed by atoms with Crippen molar-refractivity contribution in [3.05, 3.63) is 69.3 Å². The van der Waals surface area contributed by atoms with Crippen LogP contribution in [0.15, 0.2) is 42.5 Å². The van der Waals surface area contributed by atoms with Gasteiger partial charge in [0.1, 0.15) is 0 Å². The van der Waals surface area contributed by atoms with E-state index in [1.165, 1.54) is 0 Å². The number of carboxylic acids is 1. The molecule has 33 heavy (non-hydrogen) atoms. The monoisotopic (exact) mass is 490 g/mol. The molecule has 1 fully saturated rings. The molecule has 2 atom stereocenters. The van der Waals surface area contributed by atoms with Crippen molar-refractivity contribution in [1.29, 1.82) is 0 Å². The molecule has 0 aliphatic carbocycles. The first-order valence-electron chi connectivity index (χ1n) is 10.7. The van der Waals surface area contributed by atoms with Gasteiger partial charge < -0.3 is 20.1 Å². The van der Waals surface area contributed by atoms with Crippen molar-refractivity contribution in [3.8, 4) is 0 Å². The number of halogens is 2. The van der Waals surface area contributed by atoms with Crippen LogP contribution < -0.4 is 5.73 Å². The molecule has 1 amide bonds. The lowest BCUT2D eigenvalue weighted by atomic mass is 9.76. The first-order valence-corrected chi connectivity index (χ1v) is 11.4. The van der Waals surface area contributed by atoms with E-state index >= 15 is 0 Å². The van der Waals surface area contributed by atoms with Crippen molar-refractivity contribution in [2.24, 2.45) is 18.7 Å². The fourth-order valence-electron chi connectivity index (χ4n) is 4.77. The SMILES string of the molecule is CC(C)C(C(=O)O)c1ccc(C2(c3cc4c(Cl)c(Cl)ccc4n3C)CCOC2)cc1.NC=O. The summed E-state index contributed by atoms with van der Waals surface area (Å²) in [7, 11) is 2.04. The number of nitrogens with two attached hydrogens (primary N) is 1. The Labute approximate surface area is 203 Å². The van der Waals surface area contributed by atoms with Crippen molar-refractivity contribution < 1.29 is 19.4 Å². The average molecular weight is 491 g/mol. The molecule has 6 nitrogen and oxygen atoms in total. The van der Waals surface area contributed by atoms with Crippen LogP contribution in [0.3, 0.4) is 0 Å². The van der Waals surface area contributed by atoms with Gasteiger partial charge in [0.2, 0.25) is 6.41 Å². The summed E-state index contributed by atoms with van der Waals surface area (Å²) in [6, 6.07) is 13.9. The summed E-state index contributed by atoms with van der Waals surface area (Å²) in [5, 5.41) is 11.6. The molecule has 2 heterocycles. The number of carbonyl (C=O) groups excluding carboxylic acids is 1. The van der Waals surface area contributed by atoms with Gasteiger partial charge in [0.15, 0.2) is 0 Å². The number of amides is 1. The third-order valence-corrected chi connectivity index (χ3v) is 7.20. The topological polar surface area (TPSA) is 94.5 Å². The Morgan fingerprint density at radius 1 is 1.21 bits per heavy atom. The van der Waals surface area contributed by atoms with Crippen LogP contribution in [0.1, 0.15) is 43.0 Å². The summed E-state index contributed by atoms with van der Waals surface area (Å²) in [4.78, 5) is 20.3. The van der Waals surface area contributed by atoms with E-state index in [9.17, 15) is 9.90 Å². The number of aliphatic carboxylic acids is 1. The maximum atomic E-state index is 11.7. The highest BCUT2D eigenvalue weighted by Crippen LogP contribution is 2.44. The minimum Gasteiger partial charge on any atom is -0.481 e. The van der Waals surface area contributed by atoms with Crippen LogP contribution in [0, 0.1) is 5.92 Å². The summed E-state index contributed by atoms with van der Waals surface area (Å²) >= 11 is 12.7. The molecular formula is C25H28Cl2N2O4. The van der Waals surface area contributed by atoms with Crippen LogP contribution >= 0.6 is 23.2 Å². The first kappa shape index (κ1) is 25.1. The van der Waals surface area contributed by atoms with E-state index in [2.05, 4.69) is 28.5 Å². The van der Waals surface area contributed by atoms with Crippen LogP contribution in [0.25, 0.3) is 10.9 Å². The zero-order valence-corrected chi connectivity index (χ0v) is 20.4. The Morgan fingerprint density at radius 3 is 2.36 bits per heavy atom. The van der Waals surface area contributed by atoms with Gasteiger partial charge in [-0.15, -0.1) is 0 Å². The number of aromatic nitrogens is 1. The Hall–Kier alpha value is -2.54. The average Bonchev–Trinajstić information content (AvgIpc) is 3.38. The number of ether oxygens (including phenoxy) is 1. The Kier molecular flexibility index (Phi) is 7.73. The van der Waals surface area contributed by atoms with Crippen molar-refractivity contribution in [1.82, 2.24) is 4.57 Å². The third kappa shape index (κ3) is 4.60. The van der Waals surface area contributed by atoms with E-state index in [-0.39, 0.29) is 17.7 Å². The maximum Gasteiger partial charge on any atom is 0.311 e. The second kappa shape index (κ2) is 10.2. The summed E-state index contributed by atoms with van der Waals surface area (Å²) in [5.74, 6) is -1.30. The van der Waals surface area contributed by atoms with Crippen molar-refractivity contribution in [2.75, 3.05) is 13.2 Å².